The summed E-state index contributed by atoms with van der Waals surface area (Å²) in [4.78, 5) is 0. The molecule has 0 aliphatic rings. The van der Waals surface area contributed by atoms with Gasteiger partial charge in [0.25, 0.3) is 0 Å². The summed E-state index contributed by atoms with van der Waals surface area (Å²) in [6.07, 6.45) is 0. The molecule has 0 atom stereocenters. The quantitative estimate of drug-likeness (QED) is 0.651. The molecule has 0 fully saturated rings. The molecule has 0 heterocycles. The topological polar surface area (TPSA) is 44.1 Å². The van der Waals surface area contributed by atoms with Gasteiger partial charge in [0, 0.05) is 5.56 Å². The highest BCUT2D eigenvalue weighted by Gasteiger charge is 1.95. The van der Waals surface area contributed by atoms with Crippen LogP contribution in [0.25, 0.3) is 0 Å². The van der Waals surface area contributed by atoms with E-state index in [-0.39, 0.29) is 11.8 Å². The zero-order chi connectivity index (χ0) is 8.27. The molecule has 0 saturated carbocycles. The number of halogens is 1. The summed E-state index contributed by atoms with van der Waals surface area (Å²) in [5, 5.41) is 15.8. The monoisotopic (exact) mass is 169 g/mol. The maximum absolute atomic E-state index is 8.68. The lowest BCUT2D eigenvalue weighted by molar-refractivity contribution is 0.282. The number of hydrogen-bond donors (Lipinski definition) is 2. The van der Waals surface area contributed by atoms with Crippen LogP contribution in [0, 0.1) is 5.41 Å². The molecule has 1 rings (SSSR count). The average molecular weight is 170 g/mol. The Morgan fingerprint density at radius 2 is 1.91 bits per heavy atom. The minimum atomic E-state index is 0.0227. The molecule has 0 aliphatic carbocycles. The van der Waals surface area contributed by atoms with Gasteiger partial charge in [0.2, 0.25) is 0 Å². The van der Waals surface area contributed by atoms with Gasteiger partial charge in [-0.1, -0.05) is 35.9 Å². The standard InChI is InChI=1S/C8H8ClNO/c9-8(10)7-3-1-6(5-11)2-4-7/h1-4,10-11H,5H2. The van der Waals surface area contributed by atoms with Gasteiger partial charge in [-0.2, -0.15) is 0 Å². The molecule has 0 saturated heterocycles. The lowest BCUT2D eigenvalue weighted by atomic mass is 10.1. The smallest absolute Gasteiger partial charge is 0.128 e. The Bertz CT molecular complexity index is 255. The van der Waals surface area contributed by atoms with E-state index in [9.17, 15) is 0 Å². The van der Waals surface area contributed by atoms with Crippen molar-refractivity contribution >= 4 is 16.8 Å². The molecular weight excluding hydrogens is 162 g/mol. The van der Waals surface area contributed by atoms with Crippen LogP contribution >= 0.6 is 11.6 Å². The van der Waals surface area contributed by atoms with Crippen LogP contribution in [0.3, 0.4) is 0 Å². The Balaban J connectivity index is 2.91. The van der Waals surface area contributed by atoms with Gasteiger partial charge in [0.05, 0.1) is 6.61 Å². The Morgan fingerprint density at radius 3 is 2.27 bits per heavy atom. The highest BCUT2D eigenvalue weighted by Crippen LogP contribution is 2.06. The summed E-state index contributed by atoms with van der Waals surface area (Å²) in [5.74, 6) is 0. The molecule has 2 nitrogen and oxygen atoms in total. The number of aliphatic hydroxyl groups is 1. The molecule has 1 aromatic carbocycles. The predicted octanol–water partition coefficient (Wildman–Crippen LogP) is 1.74. The molecule has 0 unspecified atom stereocenters. The molecular formula is C8H8ClNO. The molecule has 1 aromatic rings. The first-order valence-corrected chi connectivity index (χ1v) is 3.56. The molecule has 0 spiro atoms. The number of benzene rings is 1. The second-order valence-electron chi connectivity index (χ2n) is 2.17. The van der Waals surface area contributed by atoms with Gasteiger partial charge in [-0.05, 0) is 5.56 Å². The maximum Gasteiger partial charge on any atom is 0.128 e. The van der Waals surface area contributed by atoms with Crippen molar-refractivity contribution in [3.05, 3.63) is 35.4 Å². The van der Waals surface area contributed by atoms with Gasteiger partial charge < -0.3 is 5.11 Å². The van der Waals surface area contributed by atoms with Crippen LogP contribution < -0.4 is 0 Å². The van der Waals surface area contributed by atoms with Gasteiger partial charge in [0.15, 0.2) is 0 Å². The van der Waals surface area contributed by atoms with Crippen molar-refractivity contribution in [2.75, 3.05) is 0 Å². The van der Waals surface area contributed by atoms with E-state index in [0.29, 0.717) is 5.56 Å². The van der Waals surface area contributed by atoms with Crippen LogP contribution in [0.15, 0.2) is 24.3 Å². The van der Waals surface area contributed by atoms with E-state index in [1.54, 1.807) is 24.3 Å². The van der Waals surface area contributed by atoms with E-state index >= 15 is 0 Å². The van der Waals surface area contributed by atoms with Crippen molar-refractivity contribution in [1.82, 2.24) is 0 Å². The van der Waals surface area contributed by atoms with Crippen molar-refractivity contribution in [3.8, 4) is 0 Å². The molecule has 58 valence electrons. The summed E-state index contributed by atoms with van der Waals surface area (Å²) in [6.45, 7) is 0.0237. The molecule has 2 N–H and O–H groups in total. The summed E-state index contributed by atoms with van der Waals surface area (Å²) >= 11 is 5.42. The predicted molar refractivity (Wildman–Crippen MR) is 45.0 cm³/mol. The van der Waals surface area contributed by atoms with Gasteiger partial charge in [-0.15, -0.1) is 0 Å². The lowest BCUT2D eigenvalue weighted by Crippen LogP contribution is -1.89. The number of hydrogen-bond acceptors (Lipinski definition) is 2. The van der Waals surface area contributed by atoms with Crippen molar-refractivity contribution in [3.63, 3.8) is 0 Å². The summed E-state index contributed by atoms with van der Waals surface area (Å²) in [6, 6.07) is 6.90. The summed E-state index contributed by atoms with van der Waals surface area (Å²) < 4.78 is 0. The van der Waals surface area contributed by atoms with Crippen LogP contribution in [0.2, 0.25) is 0 Å². The molecule has 0 bridgehead atoms. The molecule has 11 heavy (non-hydrogen) atoms. The van der Waals surface area contributed by atoms with Gasteiger partial charge >= 0.3 is 0 Å². The second-order valence-corrected chi connectivity index (χ2v) is 2.55. The zero-order valence-corrected chi connectivity index (χ0v) is 6.60. The highest BCUT2D eigenvalue weighted by atomic mass is 35.5. The average Bonchev–Trinajstić information content (AvgIpc) is 2.05. The third-order valence-electron chi connectivity index (χ3n) is 1.39. The van der Waals surface area contributed by atoms with Crippen LogP contribution in [0.4, 0.5) is 0 Å². The number of rotatable bonds is 2. The Labute approximate surface area is 69.9 Å². The third-order valence-corrected chi connectivity index (χ3v) is 1.61. The Hall–Kier alpha value is -0.860. The van der Waals surface area contributed by atoms with Crippen LogP contribution in [-0.2, 0) is 6.61 Å². The first kappa shape index (κ1) is 8.24. The minimum Gasteiger partial charge on any atom is -0.392 e. The largest absolute Gasteiger partial charge is 0.392 e. The van der Waals surface area contributed by atoms with Crippen LogP contribution in [0.1, 0.15) is 11.1 Å². The Kier molecular flexibility index (Phi) is 2.63. The van der Waals surface area contributed by atoms with Crippen LogP contribution in [0.5, 0.6) is 0 Å². The molecule has 0 amide bonds. The molecule has 0 aromatic heterocycles. The van der Waals surface area contributed by atoms with E-state index in [4.69, 9.17) is 22.1 Å². The maximum atomic E-state index is 8.68. The summed E-state index contributed by atoms with van der Waals surface area (Å²) in [7, 11) is 0. The zero-order valence-electron chi connectivity index (χ0n) is 5.84. The van der Waals surface area contributed by atoms with E-state index in [1.807, 2.05) is 0 Å². The first-order chi connectivity index (χ1) is 5.24. The molecule has 0 radical (unpaired) electrons. The third kappa shape index (κ3) is 2.03. The van der Waals surface area contributed by atoms with E-state index < -0.39 is 0 Å². The molecule has 3 heteroatoms. The molecule has 0 aliphatic heterocycles. The van der Waals surface area contributed by atoms with Crippen molar-refractivity contribution in [2.45, 2.75) is 6.61 Å². The fraction of sp³-hybridized carbons (Fsp3) is 0.125. The van der Waals surface area contributed by atoms with Crippen molar-refractivity contribution < 1.29 is 5.11 Å². The SMILES string of the molecule is N=C(Cl)c1ccc(CO)cc1. The Morgan fingerprint density at radius 1 is 1.36 bits per heavy atom. The van der Waals surface area contributed by atoms with Gasteiger partial charge in [-0.25, -0.2) is 0 Å². The van der Waals surface area contributed by atoms with E-state index in [2.05, 4.69) is 0 Å². The number of aliphatic hydroxyl groups excluding tert-OH is 1. The van der Waals surface area contributed by atoms with Gasteiger partial charge in [-0.3, -0.25) is 5.41 Å². The van der Waals surface area contributed by atoms with E-state index in [0.717, 1.165) is 5.56 Å². The first-order valence-electron chi connectivity index (χ1n) is 3.18. The second kappa shape index (κ2) is 3.51. The number of nitrogens with one attached hydrogen (secondary N) is 1. The lowest BCUT2D eigenvalue weighted by Gasteiger charge is -1.97. The summed E-state index contributed by atoms with van der Waals surface area (Å²) in [5.41, 5.74) is 1.50. The van der Waals surface area contributed by atoms with Gasteiger partial charge in [0.1, 0.15) is 5.17 Å². The van der Waals surface area contributed by atoms with Crippen molar-refractivity contribution in [2.24, 2.45) is 0 Å². The fourth-order valence-electron chi connectivity index (χ4n) is 0.756. The highest BCUT2D eigenvalue weighted by molar-refractivity contribution is 6.68. The minimum absolute atomic E-state index is 0.0227. The van der Waals surface area contributed by atoms with E-state index in [1.165, 1.54) is 0 Å². The fourth-order valence-corrected chi connectivity index (χ4v) is 0.882. The van der Waals surface area contributed by atoms with Crippen LogP contribution in [-0.4, -0.2) is 10.3 Å². The normalized spacial score (nSPS) is 9.64. The van der Waals surface area contributed by atoms with Crippen molar-refractivity contribution in [1.29, 1.82) is 5.41 Å².